The number of aromatic nitrogens is 1. The fourth-order valence-electron chi connectivity index (χ4n) is 2.05. The van der Waals surface area contributed by atoms with Gasteiger partial charge in [-0.05, 0) is 42.8 Å². The Labute approximate surface area is 127 Å². The number of aryl methyl sites for hydroxylation is 1. The van der Waals surface area contributed by atoms with Crippen molar-refractivity contribution < 1.29 is 4.74 Å². The van der Waals surface area contributed by atoms with Gasteiger partial charge in [-0.1, -0.05) is 23.5 Å². The van der Waals surface area contributed by atoms with E-state index in [2.05, 4.69) is 23.3 Å². The molecule has 0 aliphatic heterocycles. The number of nitrogen functional groups attached to an aromatic ring is 1. The molecule has 0 bridgehead atoms. The molecule has 3 N–H and O–H groups in total. The van der Waals surface area contributed by atoms with Crippen molar-refractivity contribution in [1.82, 2.24) is 4.98 Å². The van der Waals surface area contributed by atoms with E-state index < -0.39 is 0 Å². The molecule has 3 aromatic rings. The van der Waals surface area contributed by atoms with E-state index in [4.69, 9.17) is 10.5 Å². The molecule has 2 aromatic carbocycles. The summed E-state index contributed by atoms with van der Waals surface area (Å²) in [6, 6.07) is 13.8. The van der Waals surface area contributed by atoms with Crippen molar-refractivity contribution in [2.75, 3.05) is 24.2 Å². The van der Waals surface area contributed by atoms with E-state index in [0.29, 0.717) is 13.2 Å². The Morgan fingerprint density at radius 3 is 3.00 bits per heavy atom. The van der Waals surface area contributed by atoms with E-state index in [0.717, 1.165) is 26.8 Å². The molecule has 0 aliphatic rings. The predicted molar refractivity (Wildman–Crippen MR) is 89.2 cm³/mol. The van der Waals surface area contributed by atoms with Crippen molar-refractivity contribution in [3.8, 4) is 5.75 Å². The second-order valence-electron chi connectivity index (χ2n) is 4.84. The summed E-state index contributed by atoms with van der Waals surface area (Å²) < 4.78 is 6.79. The molecule has 108 valence electrons. The Kier molecular flexibility index (Phi) is 3.92. The first-order chi connectivity index (χ1) is 10.2. The van der Waals surface area contributed by atoms with Crippen LogP contribution in [-0.4, -0.2) is 18.1 Å². The van der Waals surface area contributed by atoms with Crippen LogP contribution in [0, 0.1) is 6.92 Å². The van der Waals surface area contributed by atoms with Gasteiger partial charge in [-0.3, -0.25) is 0 Å². The molecule has 0 spiro atoms. The van der Waals surface area contributed by atoms with Crippen LogP contribution in [-0.2, 0) is 0 Å². The van der Waals surface area contributed by atoms with Gasteiger partial charge < -0.3 is 15.8 Å². The Bertz CT molecular complexity index is 754. The van der Waals surface area contributed by atoms with E-state index in [1.54, 1.807) is 11.3 Å². The molecule has 0 saturated carbocycles. The molecule has 0 amide bonds. The number of ether oxygens (including phenoxy) is 1. The molecule has 0 radical (unpaired) electrons. The summed E-state index contributed by atoms with van der Waals surface area (Å²) in [7, 11) is 0. The van der Waals surface area contributed by atoms with E-state index in [-0.39, 0.29) is 0 Å². The van der Waals surface area contributed by atoms with E-state index in [1.807, 2.05) is 36.4 Å². The molecule has 21 heavy (non-hydrogen) atoms. The largest absolute Gasteiger partial charge is 0.492 e. The van der Waals surface area contributed by atoms with Gasteiger partial charge in [-0.15, -0.1) is 0 Å². The Hall–Kier alpha value is -2.27. The van der Waals surface area contributed by atoms with Gasteiger partial charge in [0.25, 0.3) is 0 Å². The normalized spacial score (nSPS) is 10.7. The maximum atomic E-state index is 5.77. The van der Waals surface area contributed by atoms with Gasteiger partial charge in [0, 0.05) is 5.69 Å². The Morgan fingerprint density at radius 1 is 1.24 bits per heavy atom. The minimum absolute atomic E-state index is 0.599. The zero-order chi connectivity index (χ0) is 14.7. The monoisotopic (exact) mass is 299 g/mol. The van der Waals surface area contributed by atoms with Crippen LogP contribution in [0.5, 0.6) is 5.75 Å². The standard InChI is InChI=1S/C16H17N3OS/c1-11-3-2-4-13(9-11)20-8-7-18-16-19-14-6-5-12(17)10-15(14)21-16/h2-6,9-10H,7-8,17H2,1H3,(H,18,19). The topological polar surface area (TPSA) is 60.2 Å². The van der Waals surface area contributed by atoms with Crippen molar-refractivity contribution >= 4 is 32.4 Å². The van der Waals surface area contributed by atoms with Crippen LogP contribution in [0.1, 0.15) is 5.56 Å². The number of fused-ring (bicyclic) bond motifs is 1. The average molecular weight is 299 g/mol. The number of benzene rings is 2. The first-order valence-corrected chi connectivity index (χ1v) is 7.62. The van der Waals surface area contributed by atoms with Crippen molar-refractivity contribution in [3.63, 3.8) is 0 Å². The first-order valence-electron chi connectivity index (χ1n) is 6.80. The van der Waals surface area contributed by atoms with Crippen molar-refractivity contribution in [1.29, 1.82) is 0 Å². The quantitative estimate of drug-likeness (QED) is 0.557. The van der Waals surface area contributed by atoms with Gasteiger partial charge in [0.1, 0.15) is 12.4 Å². The number of anilines is 2. The minimum atomic E-state index is 0.599. The number of rotatable bonds is 5. The summed E-state index contributed by atoms with van der Waals surface area (Å²) in [5.74, 6) is 0.897. The van der Waals surface area contributed by atoms with Crippen LogP contribution in [0.4, 0.5) is 10.8 Å². The van der Waals surface area contributed by atoms with Crippen LogP contribution >= 0.6 is 11.3 Å². The molecule has 4 nitrogen and oxygen atoms in total. The fraction of sp³-hybridized carbons (Fsp3) is 0.188. The summed E-state index contributed by atoms with van der Waals surface area (Å²) >= 11 is 1.60. The zero-order valence-electron chi connectivity index (χ0n) is 11.8. The summed E-state index contributed by atoms with van der Waals surface area (Å²) in [5.41, 5.74) is 8.70. The molecular formula is C16H17N3OS. The number of thiazole rings is 1. The predicted octanol–water partition coefficient (Wildman–Crippen LogP) is 3.68. The summed E-state index contributed by atoms with van der Waals surface area (Å²) in [6.07, 6.45) is 0. The summed E-state index contributed by atoms with van der Waals surface area (Å²) in [6.45, 7) is 3.36. The lowest BCUT2D eigenvalue weighted by atomic mass is 10.2. The second kappa shape index (κ2) is 6.01. The molecule has 0 aliphatic carbocycles. The molecule has 0 saturated heterocycles. The molecule has 1 aromatic heterocycles. The van der Waals surface area contributed by atoms with E-state index >= 15 is 0 Å². The molecule has 0 fully saturated rings. The van der Waals surface area contributed by atoms with Gasteiger partial charge in [0.15, 0.2) is 5.13 Å². The van der Waals surface area contributed by atoms with Crippen LogP contribution < -0.4 is 15.8 Å². The zero-order valence-corrected chi connectivity index (χ0v) is 12.6. The number of nitrogens with two attached hydrogens (primary N) is 1. The minimum Gasteiger partial charge on any atom is -0.492 e. The van der Waals surface area contributed by atoms with Crippen LogP contribution in [0.3, 0.4) is 0 Å². The number of hydrogen-bond donors (Lipinski definition) is 2. The Morgan fingerprint density at radius 2 is 2.14 bits per heavy atom. The highest BCUT2D eigenvalue weighted by atomic mass is 32.1. The Balaban J connectivity index is 1.54. The molecular weight excluding hydrogens is 282 g/mol. The third kappa shape index (κ3) is 3.44. The molecule has 0 atom stereocenters. The molecule has 3 rings (SSSR count). The highest BCUT2D eigenvalue weighted by molar-refractivity contribution is 7.22. The second-order valence-corrected chi connectivity index (χ2v) is 5.87. The van der Waals surface area contributed by atoms with Crippen molar-refractivity contribution in [2.45, 2.75) is 6.92 Å². The molecule has 0 unspecified atom stereocenters. The van der Waals surface area contributed by atoms with Crippen molar-refractivity contribution in [2.24, 2.45) is 0 Å². The number of nitrogens with zero attached hydrogens (tertiary/aromatic N) is 1. The molecule has 1 heterocycles. The van der Waals surface area contributed by atoms with Crippen LogP contribution in [0.15, 0.2) is 42.5 Å². The van der Waals surface area contributed by atoms with E-state index in [1.165, 1.54) is 5.56 Å². The van der Waals surface area contributed by atoms with Gasteiger partial charge >= 0.3 is 0 Å². The maximum Gasteiger partial charge on any atom is 0.183 e. The van der Waals surface area contributed by atoms with Gasteiger partial charge in [-0.2, -0.15) is 0 Å². The SMILES string of the molecule is Cc1cccc(OCCNc2nc3ccc(N)cc3s2)c1. The molecule has 5 heteroatoms. The lowest BCUT2D eigenvalue weighted by Gasteiger charge is -2.07. The first kappa shape index (κ1) is 13.7. The average Bonchev–Trinajstić information content (AvgIpc) is 2.85. The smallest absolute Gasteiger partial charge is 0.183 e. The highest BCUT2D eigenvalue weighted by Gasteiger charge is 2.03. The summed E-state index contributed by atoms with van der Waals surface area (Å²) in [5, 5.41) is 4.17. The lowest BCUT2D eigenvalue weighted by molar-refractivity contribution is 0.332. The maximum absolute atomic E-state index is 5.77. The fourth-order valence-corrected chi connectivity index (χ4v) is 2.99. The van der Waals surface area contributed by atoms with Gasteiger partial charge in [0.2, 0.25) is 0 Å². The van der Waals surface area contributed by atoms with Crippen LogP contribution in [0.25, 0.3) is 10.2 Å². The van der Waals surface area contributed by atoms with Crippen molar-refractivity contribution in [3.05, 3.63) is 48.0 Å². The van der Waals surface area contributed by atoms with Gasteiger partial charge in [0.05, 0.1) is 16.8 Å². The summed E-state index contributed by atoms with van der Waals surface area (Å²) in [4.78, 5) is 4.51. The van der Waals surface area contributed by atoms with Gasteiger partial charge in [-0.25, -0.2) is 4.98 Å². The third-order valence-electron chi connectivity index (χ3n) is 3.05. The third-order valence-corrected chi connectivity index (χ3v) is 4.02. The number of nitrogens with one attached hydrogen (secondary N) is 1. The lowest BCUT2D eigenvalue weighted by Crippen LogP contribution is -2.11. The van der Waals surface area contributed by atoms with Crippen LogP contribution in [0.2, 0.25) is 0 Å². The highest BCUT2D eigenvalue weighted by Crippen LogP contribution is 2.27. The van der Waals surface area contributed by atoms with E-state index in [9.17, 15) is 0 Å². The number of hydrogen-bond acceptors (Lipinski definition) is 5.